The second-order valence-electron chi connectivity index (χ2n) is 9.94. The van der Waals surface area contributed by atoms with Crippen molar-refractivity contribution >= 4 is 8.32 Å². The fraction of sp³-hybridized carbons (Fsp3) is 0.357. The van der Waals surface area contributed by atoms with E-state index in [1.54, 1.807) is 0 Å². The summed E-state index contributed by atoms with van der Waals surface area (Å²) >= 11 is 0. The summed E-state index contributed by atoms with van der Waals surface area (Å²) in [7, 11) is -1.95. The van der Waals surface area contributed by atoms with Gasteiger partial charge >= 0.3 is 0 Å². The van der Waals surface area contributed by atoms with E-state index < -0.39 is 13.9 Å². The monoisotopic (exact) mass is 447 g/mol. The molecule has 0 heterocycles. The van der Waals surface area contributed by atoms with Crippen LogP contribution in [0.5, 0.6) is 0 Å². The molecule has 3 aromatic carbocycles. The van der Waals surface area contributed by atoms with Crippen LogP contribution < -0.4 is 5.32 Å². The Bertz CT molecular complexity index is 856. The van der Waals surface area contributed by atoms with Gasteiger partial charge in [-0.15, -0.1) is 0 Å². The van der Waals surface area contributed by atoms with Crippen molar-refractivity contribution in [1.29, 1.82) is 0 Å². The first-order valence-electron chi connectivity index (χ1n) is 11.4. The van der Waals surface area contributed by atoms with Gasteiger partial charge in [0.25, 0.3) is 0 Å². The summed E-state index contributed by atoms with van der Waals surface area (Å²) in [6, 6.07) is 31.2. The van der Waals surface area contributed by atoms with Gasteiger partial charge in [0, 0.05) is 0 Å². The molecule has 3 rings (SSSR count). The molecule has 0 aliphatic rings. The van der Waals surface area contributed by atoms with Gasteiger partial charge < -0.3 is 9.53 Å². The van der Waals surface area contributed by atoms with Crippen LogP contribution in [0.15, 0.2) is 91.0 Å². The lowest BCUT2D eigenvalue weighted by Crippen LogP contribution is -2.54. The van der Waals surface area contributed by atoms with E-state index in [1.807, 2.05) is 18.2 Å². The van der Waals surface area contributed by atoms with Crippen molar-refractivity contribution < 1.29 is 9.53 Å². The van der Waals surface area contributed by atoms with Gasteiger partial charge in [-0.05, 0) is 34.8 Å². The van der Waals surface area contributed by atoms with Crippen molar-refractivity contribution in [1.82, 2.24) is 5.32 Å². The SMILES string of the molecule is CC(C)(C)[Si](C)(C)OC[C@@H](CO)NC(c1ccccc1)(c1ccccc1)c1ccccc1. The molecule has 2 N–H and O–H groups in total. The Morgan fingerprint density at radius 3 is 1.44 bits per heavy atom. The van der Waals surface area contributed by atoms with Crippen molar-refractivity contribution in [2.45, 2.75) is 50.5 Å². The third-order valence-corrected chi connectivity index (χ3v) is 11.2. The lowest BCUT2D eigenvalue weighted by atomic mass is 9.76. The molecule has 0 radical (unpaired) electrons. The van der Waals surface area contributed by atoms with Crippen LogP contribution in [0, 0.1) is 0 Å². The first kappa shape index (κ1) is 24.4. The number of aliphatic hydroxyl groups excluding tert-OH is 1. The first-order valence-corrected chi connectivity index (χ1v) is 14.3. The first-order chi connectivity index (χ1) is 15.2. The average Bonchev–Trinajstić information content (AvgIpc) is 2.80. The third kappa shape index (κ3) is 5.21. The van der Waals surface area contributed by atoms with Gasteiger partial charge in [0.1, 0.15) is 0 Å². The number of hydrogen-bond acceptors (Lipinski definition) is 3. The van der Waals surface area contributed by atoms with Gasteiger partial charge in [-0.25, -0.2) is 0 Å². The van der Waals surface area contributed by atoms with Crippen LogP contribution in [-0.2, 0) is 9.96 Å². The maximum atomic E-state index is 10.4. The molecule has 0 aromatic heterocycles. The van der Waals surface area contributed by atoms with Crippen molar-refractivity contribution in [2.75, 3.05) is 13.2 Å². The summed E-state index contributed by atoms with van der Waals surface area (Å²) in [6.07, 6.45) is 0. The van der Waals surface area contributed by atoms with Crippen LogP contribution in [0.4, 0.5) is 0 Å². The topological polar surface area (TPSA) is 41.5 Å². The van der Waals surface area contributed by atoms with E-state index in [0.29, 0.717) is 6.61 Å². The number of hydrogen-bond donors (Lipinski definition) is 2. The molecule has 0 spiro atoms. The lowest BCUT2D eigenvalue weighted by Gasteiger charge is -2.42. The Hall–Kier alpha value is -2.24. The van der Waals surface area contributed by atoms with Crippen LogP contribution in [-0.4, -0.2) is 32.7 Å². The molecule has 0 unspecified atom stereocenters. The van der Waals surface area contributed by atoms with E-state index in [-0.39, 0.29) is 17.7 Å². The molecule has 0 saturated carbocycles. The van der Waals surface area contributed by atoms with Crippen molar-refractivity contribution in [2.24, 2.45) is 0 Å². The summed E-state index contributed by atoms with van der Waals surface area (Å²) in [5.41, 5.74) is 2.77. The van der Waals surface area contributed by atoms with Gasteiger partial charge in [-0.1, -0.05) is 112 Å². The van der Waals surface area contributed by atoms with Crippen molar-refractivity contribution in [3.8, 4) is 0 Å². The molecule has 1 atom stereocenters. The Labute approximate surface area is 194 Å². The quantitative estimate of drug-likeness (QED) is 0.314. The summed E-state index contributed by atoms with van der Waals surface area (Å²) in [6.45, 7) is 11.7. The van der Waals surface area contributed by atoms with Crippen LogP contribution in [0.2, 0.25) is 18.1 Å². The fourth-order valence-corrected chi connectivity index (χ4v) is 4.84. The smallest absolute Gasteiger partial charge is 0.192 e. The van der Waals surface area contributed by atoms with E-state index >= 15 is 0 Å². The number of nitrogens with one attached hydrogen (secondary N) is 1. The van der Waals surface area contributed by atoms with Gasteiger partial charge in [-0.3, -0.25) is 5.32 Å². The zero-order valence-corrected chi connectivity index (χ0v) is 21.0. The van der Waals surface area contributed by atoms with Crippen molar-refractivity contribution in [3.63, 3.8) is 0 Å². The second kappa shape index (κ2) is 10.1. The summed E-state index contributed by atoms with van der Waals surface area (Å²) < 4.78 is 6.52. The van der Waals surface area contributed by atoms with E-state index in [0.717, 1.165) is 16.7 Å². The van der Waals surface area contributed by atoms with E-state index in [9.17, 15) is 5.11 Å². The molecule has 0 aliphatic carbocycles. The van der Waals surface area contributed by atoms with Crippen LogP contribution in [0.25, 0.3) is 0 Å². The summed E-state index contributed by atoms with van der Waals surface area (Å²) in [4.78, 5) is 0. The maximum Gasteiger partial charge on any atom is 0.192 e. The Morgan fingerprint density at radius 1 is 0.750 bits per heavy atom. The standard InChI is InChI=1S/C28H37NO2Si/c1-27(2,3)32(4,5)31-22-26(21-30)29-28(23-15-9-6-10-16-23,24-17-11-7-12-18-24)25-19-13-8-14-20-25/h6-20,26,29-30H,21-22H2,1-5H3/t26-/m1/s1. The minimum Gasteiger partial charge on any atom is -0.415 e. The zero-order chi connectivity index (χ0) is 23.2. The Kier molecular flexibility index (Phi) is 7.73. The molecule has 170 valence electrons. The molecule has 0 fully saturated rings. The van der Waals surface area contributed by atoms with Crippen molar-refractivity contribution in [3.05, 3.63) is 108 Å². The highest BCUT2D eigenvalue weighted by Crippen LogP contribution is 2.39. The van der Waals surface area contributed by atoms with Gasteiger partial charge in [0.2, 0.25) is 0 Å². The largest absolute Gasteiger partial charge is 0.415 e. The molecule has 32 heavy (non-hydrogen) atoms. The van der Waals surface area contributed by atoms with Crippen LogP contribution >= 0.6 is 0 Å². The average molecular weight is 448 g/mol. The third-order valence-electron chi connectivity index (χ3n) is 6.71. The highest BCUT2D eigenvalue weighted by atomic mass is 28.4. The normalized spacial score (nSPS) is 13.7. The van der Waals surface area contributed by atoms with E-state index in [4.69, 9.17) is 4.43 Å². The zero-order valence-electron chi connectivity index (χ0n) is 20.0. The highest BCUT2D eigenvalue weighted by molar-refractivity contribution is 6.74. The Balaban J connectivity index is 2.08. The van der Waals surface area contributed by atoms with E-state index in [1.165, 1.54) is 0 Å². The molecule has 0 bridgehead atoms. The summed E-state index contributed by atoms with van der Waals surface area (Å²) in [5, 5.41) is 14.4. The predicted octanol–water partition coefficient (Wildman–Crippen LogP) is 5.95. The maximum absolute atomic E-state index is 10.4. The van der Waals surface area contributed by atoms with Crippen LogP contribution in [0.3, 0.4) is 0 Å². The lowest BCUT2D eigenvalue weighted by molar-refractivity contribution is 0.158. The van der Waals surface area contributed by atoms with Gasteiger partial charge in [-0.2, -0.15) is 0 Å². The molecule has 0 amide bonds. The molecule has 0 aliphatic heterocycles. The predicted molar refractivity (Wildman–Crippen MR) is 136 cm³/mol. The molecule has 3 aromatic rings. The van der Waals surface area contributed by atoms with Crippen LogP contribution in [0.1, 0.15) is 37.5 Å². The molecule has 3 nitrogen and oxygen atoms in total. The number of benzene rings is 3. The minimum atomic E-state index is -1.95. The van der Waals surface area contributed by atoms with E-state index in [2.05, 4.69) is 112 Å². The molecular weight excluding hydrogens is 410 g/mol. The molecule has 4 heteroatoms. The number of aliphatic hydroxyl groups is 1. The molecular formula is C28H37NO2Si. The Morgan fingerprint density at radius 2 is 1.12 bits per heavy atom. The molecule has 0 saturated heterocycles. The fourth-order valence-electron chi connectivity index (χ4n) is 3.79. The minimum absolute atomic E-state index is 0.0110. The highest BCUT2D eigenvalue weighted by Gasteiger charge is 2.40. The van der Waals surface area contributed by atoms with Gasteiger partial charge in [0.15, 0.2) is 8.32 Å². The van der Waals surface area contributed by atoms with Gasteiger partial charge in [0.05, 0.1) is 24.8 Å². The second-order valence-corrected chi connectivity index (χ2v) is 14.8. The summed E-state index contributed by atoms with van der Waals surface area (Å²) in [5.74, 6) is 0. The number of rotatable bonds is 9.